The van der Waals surface area contributed by atoms with Gasteiger partial charge in [0.1, 0.15) is 0 Å². The third-order valence-corrected chi connectivity index (χ3v) is 10.5. The summed E-state index contributed by atoms with van der Waals surface area (Å²) in [4.78, 5) is 7.28. The largest absolute Gasteiger partial charge is 0.391 e. The van der Waals surface area contributed by atoms with E-state index in [1.807, 2.05) is 68.4 Å². The molecule has 0 saturated carbocycles. The van der Waals surface area contributed by atoms with E-state index in [1.165, 1.54) is 55.6 Å². The van der Waals surface area contributed by atoms with Crippen LogP contribution < -0.4 is 15.1 Å². The standard InChI is InChI=1S/C42H50N6.C2H6/c1-4-5-11-39(31(2)45-3)34-14-12-32(13-15-34)33-20-25-46(26-21-33)37-22-27-47(28-23-37)36-16-18-38(19-17-36)48-29-24-40(43)42(48)30-41(44)35-9-7-6-8-10-35;1-2/h4,6-10,12-19,24,29-30,33,37,39,43-45H,1-2,5,11,20-23,25-28H2,3H3;1-2H3/b42-30+,43-40?,44-41?;. The smallest absolute Gasteiger partial charge is 0.0795 e. The highest BCUT2D eigenvalue weighted by atomic mass is 15.2. The fourth-order valence-corrected chi connectivity index (χ4v) is 7.57. The molecule has 6 nitrogen and oxygen atoms in total. The molecule has 0 aromatic heterocycles. The Bertz CT molecular complexity index is 1640. The van der Waals surface area contributed by atoms with E-state index >= 15 is 0 Å². The van der Waals surface area contributed by atoms with Gasteiger partial charge in [0.05, 0.1) is 17.1 Å². The number of allylic oxidation sites excluding steroid dienone is 4. The molecule has 0 radical (unpaired) electrons. The van der Waals surface area contributed by atoms with Gasteiger partial charge in [-0.2, -0.15) is 0 Å². The second-order valence-electron chi connectivity index (χ2n) is 13.3. The average molecular weight is 669 g/mol. The number of likely N-dealkylation sites (N-methyl/N-ethyl adjacent to an activating group) is 1. The molecule has 0 bridgehead atoms. The first-order valence-electron chi connectivity index (χ1n) is 18.5. The van der Waals surface area contributed by atoms with Crippen LogP contribution in [0.1, 0.15) is 80.9 Å². The van der Waals surface area contributed by atoms with Crippen LogP contribution in [-0.4, -0.2) is 55.6 Å². The summed E-state index contributed by atoms with van der Waals surface area (Å²) >= 11 is 0. The number of hydrogen-bond donors (Lipinski definition) is 3. The Morgan fingerprint density at radius 1 is 0.880 bits per heavy atom. The van der Waals surface area contributed by atoms with Crippen molar-refractivity contribution in [2.45, 2.75) is 70.3 Å². The number of nitrogens with zero attached hydrogens (tertiary/aromatic N) is 3. The van der Waals surface area contributed by atoms with Gasteiger partial charge in [0, 0.05) is 55.4 Å². The molecule has 50 heavy (non-hydrogen) atoms. The van der Waals surface area contributed by atoms with Gasteiger partial charge >= 0.3 is 0 Å². The van der Waals surface area contributed by atoms with E-state index in [-0.39, 0.29) is 0 Å². The first kappa shape index (κ1) is 36.6. The lowest BCUT2D eigenvalue weighted by atomic mass is 9.85. The van der Waals surface area contributed by atoms with Crippen molar-refractivity contribution in [3.05, 3.63) is 145 Å². The number of nitrogens with one attached hydrogen (secondary N) is 3. The Balaban J connectivity index is 0.00000239. The number of anilines is 2. The molecule has 0 amide bonds. The summed E-state index contributed by atoms with van der Waals surface area (Å²) in [5, 5.41) is 20.3. The van der Waals surface area contributed by atoms with E-state index in [0.29, 0.717) is 29.3 Å². The molecule has 3 aliphatic rings. The zero-order valence-corrected chi connectivity index (χ0v) is 30.4. The average Bonchev–Trinajstić information content (AvgIpc) is 3.55. The molecule has 1 atom stereocenters. The zero-order valence-electron chi connectivity index (χ0n) is 30.4. The van der Waals surface area contributed by atoms with Crippen molar-refractivity contribution in [3.63, 3.8) is 0 Å². The summed E-state index contributed by atoms with van der Waals surface area (Å²) < 4.78 is 0. The van der Waals surface area contributed by atoms with Gasteiger partial charge in [0.15, 0.2) is 0 Å². The minimum atomic E-state index is 0.321. The van der Waals surface area contributed by atoms with Gasteiger partial charge in [-0.15, -0.1) is 6.58 Å². The van der Waals surface area contributed by atoms with E-state index in [9.17, 15) is 0 Å². The molecule has 3 aliphatic heterocycles. The molecule has 3 aromatic rings. The Kier molecular flexibility index (Phi) is 13.0. The normalized spacial score (nSPS) is 18.5. The molecular weight excluding hydrogens is 613 g/mol. The van der Waals surface area contributed by atoms with Gasteiger partial charge in [-0.1, -0.05) is 81.1 Å². The molecule has 1 unspecified atom stereocenters. The lowest BCUT2D eigenvalue weighted by molar-refractivity contribution is 0.132. The molecule has 3 N–H and O–H groups in total. The van der Waals surface area contributed by atoms with Crippen LogP contribution in [0.15, 0.2) is 128 Å². The van der Waals surface area contributed by atoms with Gasteiger partial charge in [0.2, 0.25) is 0 Å². The summed E-state index contributed by atoms with van der Waals surface area (Å²) in [7, 11) is 1.96. The predicted molar refractivity (Wildman–Crippen MR) is 214 cm³/mol. The van der Waals surface area contributed by atoms with Crippen LogP contribution >= 0.6 is 0 Å². The van der Waals surface area contributed by atoms with Gasteiger partial charge in [0.25, 0.3) is 0 Å². The van der Waals surface area contributed by atoms with Gasteiger partial charge in [-0.3, -0.25) is 5.41 Å². The third-order valence-electron chi connectivity index (χ3n) is 10.5. The first-order chi connectivity index (χ1) is 24.4. The Labute approximate surface area is 300 Å². The summed E-state index contributed by atoms with van der Waals surface area (Å²) in [5.74, 6) is 0.962. The topological polar surface area (TPSA) is 69.5 Å². The lowest BCUT2D eigenvalue weighted by Crippen LogP contribution is -2.47. The van der Waals surface area contributed by atoms with E-state index in [4.69, 9.17) is 10.8 Å². The van der Waals surface area contributed by atoms with Crippen molar-refractivity contribution in [2.24, 2.45) is 0 Å². The van der Waals surface area contributed by atoms with Crippen LogP contribution in [-0.2, 0) is 0 Å². The minimum absolute atomic E-state index is 0.321. The molecule has 3 aromatic carbocycles. The van der Waals surface area contributed by atoms with Crippen LogP contribution in [0.25, 0.3) is 0 Å². The van der Waals surface area contributed by atoms with Gasteiger partial charge in [-0.05, 0) is 111 Å². The molecule has 0 spiro atoms. The second-order valence-corrected chi connectivity index (χ2v) is 13.3. The van der Waals surface area contributed by atoms with Crippen LogP contribution in [0.5, 0.6) is 0 Å². The first-order valence-corrected chi connectivity index (χ1v) is 18.5. The molecule has 2 fully saturated rings. The highest BCUT2D eigenvalue weighted by Crippen LogP contribution is 2.34. The number of hydrogen-bond acceptors (Lipinski definition) is 6. The van der Waals surface area contributed by atoms with Crippen LogP contribution in [0.4, 0.5) is 11.4 Å². The van der Waals surface area contributed by atoms with Gasteiger partial charge < -0.3 is 25.4 Å². The summed E-state index contributed by atoms with van der Waals surface area (Å²) in [5.41, 5.74) is 8.55. The quantitative estimate of drug-likeness (QED) is 0.133. The molecule has 0 aliphatic carbocycles. The third kappa shape index (κ3) is 8.72. The zero-order chi connectivity index (χ0) is 35.5. The molecule has 6 rings (SSSR count). The Morgan fingerprint density at radius 2 is 1.52 bits per heavy atom. The van der Waals surface area contributed by atoms with Crippen molar-refractivity contribution in [1.29, 1.82) is 10.8 Å². The van der Waals surface area contributed by atoms with E-state index in [1.54, 1.807) is 12.2 Å². The number of benzene rings is 3. The summed E-state index contributed by atoms with van der Waals surface area (Å²) in [6.07, 6.45) is 14.4. The summed E-state index contributed by atoms with van der Waals surface area (Å²) in [6.45, 7) is 16.7. The van der Waals surface area contributed by atoms with Crippen molar-refractivity contribution in [3.8, 4) is 0 Å². The highest BCUT2D eigenvalue weighted by Gasteiger charge is 2.29. The minimum Gasteiger partial charge on any atom is -0.391 e. The number of likely N-dealkylation sites (tertiary alicyclic amines) is 1. The number of piperidine rings is 2. The van der Waals surface area contributed by atoms with Crippen LogP contribution in [0.2, 0.25) is 0 Å². The fraction of sp³-hybridized carbons (Fsp3) is 0.364. The fourth-order valence-electron chi connectivity index (χ4n) is 7.57. The van der Waals surface area contributed by atoms with Crippen molar-refractivity contribution >= 4 is 22.8 Å². The highest BCUT2D eigenvalue weighted by molar-refractivity contribution is 6.18. The molecule has 3 heterocycles. The predicted octanol–water partition coefficient (Wildman–Crippen LogP) is 9.65. The van der Waals surface area contributed by atoms with Crippen molar-refractivity contribution in [1.82, 2.24) is 10.2 Å². The summed E-state index contributed by atoms with van der Waals surface area (Å²) in [6, 6.07) is 28.4. The maximum absolute atomic E-state index is 8.55. The molecular formula is C44H56N6. The van der Waals surface area contributed by atoms with Crippen molar-refractivity contribution in [2.75, 3.05) is 43.0 Å². The van der Waals surface area contributed by atoms with E-state index in [2.05, 4.69) is 76.8 Å². The second kappa shape index (κ2) is 17.8. The van der Waals surface area contributed by atoms with Crippen LogP contribution in [0.3, 0.4) is 0 Å². The molecule has 2 saturated heterocycles. The van der Waals surface area contributed by atoms with E-state index in [0.717, 1.165) is 48.6 Å². The molecule has 262 valence electrons. The lowest BCUT2D eigenvalue weighted by Gasteiger charge is -2.42. The maximum Gasteiger partial charge on any atom is 0.0795 e. The van der Waals surface area contributed by atoms with Crippen LogP contribution in [0, 0.1) is 10.8 Å². The monoisotopic (exact) mass is 668 g/mol. The maximum atomic E-state index is 8.55. The van der Waals surface area contributed by atoms with Gasteiger partial charge in [-0.25, -0.2) is 0 Å². The Hall–Kier alpha value is -4.68. The Morgan fingerprint density at radius 3 is 2.14 bits per heavy atom. The SMILES string of the molecule is C=CCCC(C(=C)NC)c1ccc(C2CCN(C3CCN(c4ccc(N5C=CC(=N)/C5=C\C(=N)c5ccccc5)cc4)CC3)CC2)cc1.CC. The number of rotatable bonds is 12. The van der Waals surface area contributed by atoms with Crippen molar-refractivity contribution < 1.29 is 0 Å². The van der Waals surface area contributed by atoms with E-state index < -0.39 is 0 Å². The molecule has 6 heteroatoms.